The van der Waals surface area contributed by atoms with E-state index in [2.05, 4.69) is 21.1 Å². The summed E-state index contributed by atoms with van der Waals surface area (Å²) in [6, 6.07) is 5.85. The van der Waals surface area contributed by atoms with E-state index in [4.69, 9.17) is 4.52 Å². The minimum absolute atomic E-state index is 0.00991. The second-order valence-corrected chi connectivity index (χ2v) is 4.70. The highest BCUT2D eigenvalue weighted by molar-refractivity contribution is 9.10. The van der Waals surface area contributed by atoms with Gasteiger partial charge in [-0.1, -0.05) is 5.16 Å². The molecule has 3 rings (SSSR count). The molecule has 1 heterocycles. The van der Waals surface area contributed by atoms with Gasteiger partial charge in [0.15, 0.2) is 11.3 Å². The molecule has 3 nitrogen and oxygen atoms in total. The molecule has 1 aromatic heterocycles. The van der Waals surface area contributed by atoms with Gasteiger partial charge in [0.05, 0.1) is 5.39 Å². The summed E-state index contributed by atoms with van der Waals surface area (Å²) in [7, 11) is 0. The van der Waals surface area contributed by atoms with Gasteiger partial charge in [-0.05, 0) is 46.3 Å². The fourth-order valence-electron chi connectivity index (χ4n) is 1.83. The minimum Gasteiger partial charge on any atom is -0.354 e. The van der Waals surface area contributed by atoms with Crippen LogP contribution in [0.25, 0.3) is 22.2 Å². The van der Waals surface area contributed by atoms with E-state index in [1.54, 1.807) is 0 Å². The van der Waals surface area contributed by atoms with Gasteiger partial charge in [-0.15, -0.1) is 0 Å². The zero-order chi connectivity index (χ0) is 13.6. The van der Waals surface area contributed by atoms with Crippen LogP contribution in [0.15, 0.2) is 39.3 Å². The van der Waals surface area contributed by atoms with Crippen LogP contribution < -0.4 is 0 Å². The normalized spacial score (nSPS) is 11.1. The van der Waals surface area contributed by atoms with E-state index in [1.807, 2.05) is 0 Å². The summed E-state index contributed by atoms with van der Waals surface area (Å²) < 4.78 is 32.1. The highest BCUT2D eigenvalue weighted by Gasteiger charge is 2.18. The SMILES string of the molecule is [O]c1ccc2c(-c3cc(F)ccc3F)noc2c1Br. The second-order valence-electron chi connectivity index (χ2n) is 3.91. The van der Waals surface area contributed by atoms with Gasteiger partial charge in [0, 0.05) is 5.56 Å². The summed E-state index contributed by atoms with van der Waals surface area (Å²) >= 11 is 3.09. The van der Waals surface area contributed by atoms with Crippen LogP contribution in [0.2, 0.25) is 0 Å². The first-order chi connectivity index (χ1) is 9.08. The van der Waals surface area contributed by atoms with Gasteiger partial charge >= 0.3 is 0 Å². The maximum absolute atomic E-state index is 13.7. The number of nitrogens with zero attached hydrogens (tertiary/aromatic N) is 1. The Balaban J connectivity index is 2.32. The zero-order valence-electron chi connectivity index (χ0n) is 9.28. The maximum Gasteiger partial charge on any atom is 0.196 e. The number of halogens is 3. The smallest absolute Gasteiger partial charge is 0.196 e. The number of fused-ring (bicyclic) bond motifs is 1. The molecule has 0 amide bonds. The van der Waals surface area contributed by atoms with Crippen molar-refractivity contribution in [3.63, 3.8) is 0 Å². The molecule has 6 heteroatoms. The third-order valence-corrected chi connectivity index (χ3v) is 3.48. The molecule has 3 aromatic rings. The zero-order valence-corrected chi connectivity index (χ0v) is 10.9. The molecule has 1 radical (unpaired) electrons. The summed E-state index contributed by atoms with van der Waals surface area (Å²) in [5.41, 5.74) is 0.364. The molecule has 0 unspecified atom stereocenters. The second kappa shape index (κ2) is 4.31. The predicted octanol–water partition coefficient (Wildman–Crippen LogP) is 4.68. The molecule has 95 valence electrons. The lowest BCUT2D eigenvalue weighted by molar-refractivity contribution is 0.351. The van der Waals surface area contributed by atoms with Gasteiger partial charge in [0.2, 0.25) is 0 Å². The fourth-order valence-corrected chi connectivity index (χ4v) is 2.25. The third-order valence-electron chi connectivity index (χ3n) is 2.73. The van der Waals surface area contributed by atoms with E-state index in [-0.39, 0.29) is 27.1 Å². The molecule has 0 aliphatic heterocycles. The standard InChI is InChI=1S/C13H5BrF2NO2/c14-11-10(18)4-2-7-12(17-19-13(7)11)8-5-6(15)1-3-9(8)16/h1-5H. The Morgan fingerprint density at radius 3 is 2.74 bits per heavy atom. The fraction of sp³-hybridized carbons (Fsp3) is 0. The molecule has 0 spiro atoms. The lowest BCUT2D eigenvalue weighted by Crippen LogP contribution is -1.87. The quantitative estimate of drug-likeness (QED) is 0.652. The van der Waals surface area contributed by atoms with Gasteiger partial charge < -0.3 is 4.52 Å². The Morgan fingerprint density at radius 2 is 1.95 bits per heavy atom. The Morgan fingerprint density at radius 1 is 1.16 bits per heavy atom. The summed E-state index contributed by atoms with van der Waals surface area (Å²) in [6.45, 7) is 0. The van der Waals surface area contributed by atoms with Crippen molar-refractivity contribution in [3.05, 3.63) is 46.4 Å². The summed E-state index contributed by atoms with van der Waals surface area (Å²) in [6.07, 6.45) is 0. The molecular weight excluding hydrogens is 320 g/mol. The van der Waals surface area contributed by atoms with Crippen LogP contribution in [0.3, 0.4) is 0 Å². The lowest BCUT2D eigenvalue weighted by Gasteiger charge is -2.00. The van der Waals surface area contributed by atoms with Crippen LogP contribution in [-0.4, -0.2) is 5.16 Å². The van der Waals surface area contributed by atoms with Crippen LogP contribution in [0, 0.1) is 11.6 Å². The van der Waals surface area contributed by atoms with Gasteiger partial charge in [0.1, 0.15) is 21.8 Å². The van der Waals surface area contributed by atoms with E-state index < -0.39 is 11.6 Å². The van der Waals surface area contributed by atoms with Crippen molar-refractivity contribution in [1.82, 2.24) is 5.16 Å². The van der Waals surface area contributed by atoms with Crippen LogP contribution in [0.1, 0.15) is 0 Å². The Bertz CT molecular complexity index is 786. The molecule has 0 aliphatic rings. The van der Waals surface area contributed by atoms with E-state index in [0.29, 0.717) is 5.39 Å². The Hall–Kier alpha value is -1.95. The average Bonchev–Trinajstić information content (AvgIpc) is 2.81. The first-order valence-electron chi connectivity index (χ1n) is 5.28. The van der Waals surface area contributed by atoms with Crippen LogP contribution in [0.4, 0.5) is 8.78 Å². The minimum atomic E-state index is -0.612. The van der Waals surface area contributed by atoms with Crippen molar-refractivity contribution in [1.29, 1.82) is 0 Å². The monoisotopic (exact) mass is 324 g/mol. The average molecular weight is 325 g/mol. The molecule has 2 aromatic carbocycles. The van der Waals surface area contributed by atoms with Gasteiger partial charge in [-0.25, -0.2) is 8.78 Å². The number of benzene rings is 2. The summed E-state index contributed by atoms with van der Waals surface area (Å²) in [4.78, 5) is 0. The van der Waals surface area contributed by atoms with E-state index >= 15 is 0 Å². The van der Waals surface area contributed by atoms with Crippen LogP contribution >= 0.6 is 15.9 Å². The van der Waals surface area contributed by atoms with Crippen molar-refractivity contribution >= 4 is 26.9 Å². The largest absolute Gasteiger partial charge is 0.354 e. The lowest BCUT2D eigenvalue weighted by atomic mass is 10.1. The van der Waals surface area contributed by atoms with Crippen molar-refractivity contribution in [2.45, 2.75) is 0 Å². The molecule has 0 saturated heterocycles. The van der Waals surface area contributed by atoms with Crippen molar-refractivity contribution in [2.24, 2.45) is 0 Å². The molecule has 19 heavy (non-hydrogen) atoms. The van der Waals surface area contributed by atoms with Crippen molar-refractivity contribution < 1.29 is 18.4 Å². The topological polar surface area (TPSA) is 45.9 Å². The first kappa shape index (κ1) is 12.1. The van der Waals surface area contributed by atoms with Gasteiger partial charge in [-0.3, -0.25) is 5.11 Å². The van der Waals surface area contributed by atoms with Crippen LogP contribution in [0.5, 0.6) is 5.75 Å². The van der Waals surface area contributed by atoms with Crippen LogP contribution in [-0.2, 0) is 5.11 Å². The van der Waals surface area contributed by atoms with E-state index in [0.717, 1.165) is 18.2 Å². The van der Waals surface area contributed by atoms with E-state index in [1.165, 1.54) is 12.1 Å². The maximum atomic E-state index is 13.7. The molecule has 0 aliphatic carbocycles. The third kappa shape index (κ3) is 1.88. The molecule has 0 fully saturated rings. The van der Waals surface area contributed by atoms with E-state index in [9.17, 15) is 13.9 Å². The molecule has 0 saturated carbocycles. The number of aromatic nitrogens is 1. The molecule has 0 N–H and O–H groups in total. The molecular formula is C13H5BrF2NO2. The molecule has 0 bridgehead atoms. The Kier molecular flexibility index (Phi) is 2.74. The van der Waals surface area contributed by atoms with Crippen molar-refractivity contribution in [2.75, 3.05) is 0 Å². The van der Waals surface area contributed by atoms with Gasteiger partial charge in [-0.2, -0.15) is 0 Å². The number of hydrogen-bond donors (Lipinski definition) is 0. The first-order valence-corrected chi connectivity index (χ1v) is 6.07. The molecule has 0 atom stereocenters. The summed E-state index contributed by atoms with van der Waals surface area (Å²) in [5.74, 6) is -1.46. The van der Waals surface area contributed by atoms with Crippen molar-refractivity contribution in [3.8, 4) is 17.0 Å². The Labute approximate surface area is 114 Å². The highest BCUT2D eigenvalue weighted by Crippen LogP contribution is 2.38. The number of hydrogen-bond acceptors (Lipinski definition) is 2. The predicted molar refractivity (Wildman–Crippen MR) is 67.2 cm³/mol. The summed E-state index contributed by atoms with van der Waals surface area (Å²) in [5, 5.41) is 15.6. The highest BCUT2D eigenvalue weighted by atomic mass is 79.9. The number of rotatable bonds is 1. The van der Waals surface area contributed by atoms with Gasteiger partial charge in [0.25, 0.3) is 0 Å².